The van der Waals surface area contributed by atoms with Crippen LogP contribution in [0.3, 0.4) is 0 Å². The largest absolute Gasteiger partial charge is 0.433 e. The van der Waals surface area contributed by atoms with E-state index in [0.29, 0.717) is 0 Å². The zero-order valence-electron chi connectivity index (χ0n) is 8.61. The van der Waals surface area contributed by atoms with Crippen LogP contribution in [-0.4, -0.2) is 13.1 Å². The van der Waals surface area contributed by atoms with Crippen LogP contribution in [0.15, 0.2) is 12.1 Å². The van der Waals surface area contributed by atoms with Crippen molar-refractivity contribution in [3.05, 3.63) is 23.0 Å². The van der Waals surface area contributed by atoms with Crippen LogP contribution < -0.4 is 5.19 Å². The highest BCUT2D eigenvalue weighted by molar-refractivity contribution is 6.90. The van der Waals surface area contributed by atoms with Crippen LogP contribution in [0.2, 0.25) is 24.8 Å². The molecule has 0 saturated heterocycles. The second-order valence-corrected chi connectivity index (χ2v) is 9.68. The summed E-state index contributed by atoms with van der Waals surface area (Å²) in [6.07, 6.45) is -4.43. The second-order valence-electron chi connectivity index (χ2n) is 4.28. The van der Waals surface area contributed by atoms with E-state index in [9.17, 15) is 13.2 Å². The Morgan fingerprint density at radius 1 is 1.20 bits per heavy atom. The van der Waals surface area contributed by atoms with E-state index in [2.05, 4.69) is 4.98 Å². The molecule has 1 aromatic heterocycles. The van der Waals surface area contributed by atoms with Crippen molar-refractivity contribution in [3.8, 4) is 0 Å². The summed E-state index contributed by atoms with van der Waals surface area (Å²) >= 11 is 5.74. The number of nitrogens with zero attached hydrogens (tertiary/aromatic N) is 1. The van der Waals surface area contributed by atoms with Crippen molar-refractivity contribution in [1.29, 1.82) is 0 Å². The predicted molar refractivity (Wildman–Crippen MR) is 57.2 cm³/mol. The quantitative estimate of drug-likeness (QED) is 0.553. The molecule has 0 aromatic carbocycles. The number of hydrogen-bond acceptors (Lipinski definition) is 1. The molecule has 0 fully saturated rings. The maximum absolute atomic E-state index is 12.3. The highest BCUT2D eigenvalue weighted by Crippen LogP contribution is 2.28. The fourth-order valence-corrected chi connectivity index (χ4v) is 3.41. The van der Waals surface area contributed by atoms with Gasteiger partial charge in [0.1, 0.15) is 10.8 Å². The van der Waals surface area contributed by atoms with Crippen LogP contribution in [0.1, 0.15) is 5.69 Å². The van der Waals surface area contributed by atoms with Crippen molar-refractivity contribution in [3.63, 3.8) is 0 Å². The molecule has 0 bridgehead atoms. The van der Waals surface area contributed by atoms with Gasteiger partial charge in [0.25, 0.3) is 0 Å². The van der Waals surface area contributed by atoms with E-state index >= 15 is 0 Å². The first-order valence-electron chi connectivity index (χ1n) is 4.36. The average Bonchev–Trinajstić information content (AvgIpc) is 1.99. The number of halogens is 4. The van der Waals surface area contributed by atoms with Gasteiger partial charge in [0.2, 0.25) is 0 Å². The first-order chi connectivity index (χ1) is 6.62. The third-order valence-corrected chi connectivity index (χ3v) is 4.41. The number of pyridine rings is 1. The van der Waals surface area contributed by atoms with E-state index in [1.54, 1.807) is 0 Å². The molecule has 0 atom stereocenters. The highest BCUT2D eigenvalue weighted by atomic mass is 35.5. The Morgan fingerprint density at radius 3 is 2.07 bits per heavy atom. The number of aromatic nitrogens is 1. The van der Waals surface area contributed by atoms with Gasteiger partial charge in [-0.25, -0.2) is 4.98 Å². The van der Waals surface area contributed by atoms with Crippen LogP contribution in [0.25, 0.3) is 0 Å². The molecule has 0 aliphatic rings. The van der Waals surface area contributed by atoms with Crippen LogP contribution >= 0.6 is 11.6 Å². The van der Waals surface area contributed by atoms with Gasteiger partial charge in [-0.3, -0.25) is 0 Å². The summed E-state index contributed by atoms with van der Waals surface area (Å²) in [4.78, 5) is 3.39. The Morgan fingerprint density at radius 2 is 1.73 bits per heavy atom. The van der Waals surface area contributed by atoms with Gasteiger partial charge < -0.3 is 0 Å². The molecule has 0 unspecified atom stereocenters. The first kappa shape index (κ1) is 12.5. The minimum Gasteiger partial charge on any atom is -0.232 e. The zero-order valence-corrected chi connectivity index (χ0v) is 10.4. The molecule has 1 rings (SSSR count). The van der Waals surface area contributed by atoms with Gasteiger partial charge in [0.15, 0.2) is 0 Å². The lowest BCUT2D eigenvalue weighted by Gasteiger charge is -2.18. The summed E-state index contributed by atoms with van der Waals surface area (Å²) in [6.45, 7) is 6.01. The molecule has 0 radical (unpaired) electrons. The van der Waals surface area contributed by atoms with Gasteiger partial charge >= 0.3 is 6.18 Å². The number of rotatable bonds is 1. The van der Waals surface area contributed by atoms with E-state index in [1.807, 2.05) is 19.6 Å². The fraction of sp³-hybridized carbons (Fsp3) is 0.444. The van der Waals surface area contributed by atoms with Gasteiger partial charge in [-0.1, -0.05) is 37.3 Å². The molecule has 0 aliphatic heterocycles. The highest BCUT2D eigenvalue weighted by Gasteiger charge is 2.33. The maximum Gasteiger partial charge on any atom is 0.433 e. The lowest BCUT2D eigenvalue weighted by molar-refractivity contribution is -0.141. The topological polar surface area (TPSA) is 12.9 Å². The maximum atomic E-state index is 12.3. The van der Waals surface area contributed by atoms with Crippen molar-refractivity contribution < 1.29 is 13.2 Å². The van der Waals surface area contributed by atoms with Crippen LogP contribution in [-0.2, 0) is 6.18 Å². The Kier molecular flexibility index (Phi) is 3.16. The summed E-state index contributed by atoms with van der Waals surface area (Å²) in [7, 11) is -1.72. The van der Waals surface area contributed by atoms with Gasteiger partial charge in [0, 0.05) is 0 Å². The third-order valence-electron chi connectivity index (χ3n) is 1.95. The first-order valence-corrected chi connectivity index (χ1v) is 8.24. The lowest BCUT2D eigenvalue weighted by Crippen LogP contribution is -2.39. The fourth-order valence-electron chi connectivity index (χ4n) is 1.15. The molecule has 0 N–H and O–H groups in total. The van der Waals surface area contributed by atoms with Gasteiger partial charge in [0.05, 0.1) is 8.07 Å². The van der Waals surface area contributed by atoms with E-state index in [4.69, 9.17) is 11.6 Å². The number of alkyl halides is 3. The standard InChI is InChI=1S/C9H11ClF3NSi/c1-15(2,3)6-4-5-7(9(11,12)13)14-8(6)10/h4-5H,1-3H3. The van der Waals surface area contributed by atoms with Gasteiger partial charge in [-0.15, -0.1) is 0 Å². The van der Waals surface area contributed by atoms with Gasteiger partial charge in [-0.2, -0.15) is 13.2 Å². The van der Waals surface area contributed by atoms with Crippen molar-refractivity contribution in [2.75, 3.05) is 0 Å². The Hall–Kier alpha value is -0.553. The Bertz CT molecular complexity index is 371. The minimum absolute atomic E-state index is 0.0241. The molecule has 1 aromatic rings. The summed E-state index contributed by atoms with van der Waals surface area (Å²) in [5.74, 6) is 0. The van der Waals surface area contributed by atoms with Crippen LogP contribution in [0.4, 0.5) is 13.2 Å². The molecule has 1 heterocycles. The van der Waals surface area contributed by atoms with E-state index < -0.39 is 19.9 Å². The normalized spacial score (nSPS) is 13.0. The van der Waals surface area contributed by atoms with Gasteiger partial charge in [-0.05, 0) is 11.3 Å². The second kappa shape index (κ2) is 3.79. The van der Waals surface area contributed by atoms with E-state index in [1.165, 1.54) is 6.07 Å². The van der Waals surface area contributed by atoms with Crippen LogP contribution in [0, 0.1) is 0 Å². The van der Waals surface area contributed by atoms with Crippen molar-refractivity contribution >= 4 is 24.9 Å². The number of hydrogen-bond donors (Lipinski definition) is 0. The molecule has 15 heavy (non-hydrogen) atoms. The Balaban J connectivity index is 3.21. The summed E-state index contributed by atoms with van der Waals surface area (Å²) in [5, 5.41) is 0.723. The van der Waals surface area contributed by atoms with Crippen molar-refractivity contribution in [2.45, 2.75) is 25.8 Å². The lowest BCUT2D eigenvalue weighted by atomic mass is 10.3. The van der Waals surface area contributed by atoms with E-state index in [0.717, 1.165) is 11.3 Å². The summed E-state index contributed by atoms with van der Waals surface area (Å²) < 4.78 is 36.9. The third kappa shape index (κ3) is 2.95. The predicted octanol–water partition coefficient (Wildman–Crippen LogP) is 3.30. The molecule has 0 saturated carbocycles. The SMILES string of the molecule is C[Si](C)(C)c1ccc(C(F)(F)F)nc1Cl. The Labute approximate surface area is 92.3 Å². The monoisotopic (exact) mass is 253 g/mol. The van der Waals surface area contributed by atoms with Crippen molar-refractivity contribution in [2.24, 2.45) is 0 Å². The van der Waals surface area contributed by atoms with Crippen molar-refractivity contribution in [1.82, 2.24) is 4.98 Å². The molecule has 6 heteroatoms. The molecule has 0 aliphatic carbocycles. The molecule has 0 amide bonds. The molecular weight excluding hydrogens is 243 g/mol. The molecule has 84 valence electrons. The van der Waals surface area contributed by atoms with E-state index in [-0.39, 0.29) is 5.15 Å². The summed E-state index contributed by atoms with van der Waals surface area (Å²) in [6, 6.07) is 2.42. The zero-order chi connectivity index (χ0) is 11.9. The molecule has 1 nitrogen and oxygen atoms in total. The summed E-state index contributed by atoms with van der Waals surface area (Å²) in [5.41, 5.74) is -0.936. The smallest absolute Gasteiger partial charge is 0.232 e. The average molecular weight is 254 g/mol. The molecular formula is C9H11ClF3NSi. The van der Waals surface area contributed by atoms with Crippen LogP contribution in [0.5, 0.6) is 0 Å². The minimum atomic E-state index is -4.43. The molecule has 0 spiro atoms.